The van der Waals surface area contributed by atoms with Crippen molar-refractivity contribution in [1.82, 2.24) is 10.2 Å². The number of amides is 1. The molecule has 190 valence electrons. The van der Waals surface area contributed by atoms with Crippen molar-refractivity contribution in [3.05, 3.63) is 99.5 Å². The van der Waals surface area contributed by atoms with E-state index >= 15 is 0 Å². The number of nitrogens with one attached hydrogen (secondary N) is 1. The van der Waals surface area contributed by atoms with Gasteiger partial charge >= 0.3 is 0 Å². The second kappa shape index (κ2) is 10.4. The average Bonchev–Trinajstić information content (AvgIpc) is 3.00. The largest absolute Gasteiger partial charge is 0.385 e. The van der Waals surface area contributed by atoms with Crippen LogP contribution >= 0.6 is 35.4 Å². The number of carbonyl (C=O) groups is 1. The van der Waals surface area contributed by atoms with Crippen LogP contribution in [-0.4, -0.2) is 53.0 Å². The van der Waals surface area contributed by atoms with Crippen LogP contribution in [0, 0.1) is 0 Å². The highest BCUT2D eigenvalue weighted by molar-refractivity contribution is 7.80. The number of hydrogen-bond donors (Lipinski definition) is 2. The Balaban J connectivity index is 1.42. The van der Waals surface area contributed by atoms with E-state index in [9.17, 15) is 9.90 Å². The summed E-state index contributed by atoms with van der Waals surface area (Å²) in [6.45, 7) is 1.09. The number of aliphatic hydroxyl groups is 1. The van der Waals surface area contributed by atoms with Gasteiger partial charge in [-0.2, -0.15) is 0 Å². The number of likely N-dealkylation sites (tertiary alicyclic amines) is 1. The molecule has 1 fully saturated rings. The number of thiocarbonyl (C=S) groups is 1. The van der Waals surface area contributed by atoms with Gasteiger partial charge in [0.05, 0.1) is 17.0 Å². The predicted octanol–water partition coefficient (Wildman–Crippen LogP) is 4.99. The summed E-state index contributed by atoms with van der Waals surface area (Å²) in [6, 6.07) is 22.4. The van der Waals surface area contributed by atoms with Gasteiger partial charge in [-0.15, -0.1) is 0 Å². The minimum Gasteiger partial charge on any atom is -0.385 e. The Bertz CT molecular complexity index is 1370. The quantitative estimate of drug-likeness (QED) is 0.448. The van der Waals surface area contributed by atoms with Crippen molar-refractivity contribution in [2.45, 2.75) is 24.6 Å². The van der Waals surface area contributed by atoms with Crippen molar-refractivity contribution in [1.29, 1.82) is 0 Å². The summed E-state index contributed by atoms with van der Waals surface area (Å²) in [4.78, 5) is 21.9. The Morgan fingerprint density at radius 3 is 2.41 bits per heavy atom. The van der Waals surface area contributed by atoms with Gasteiger partial charge in [-0.1, -0.05) is 71.7 Å². The summed E-state index contributed by atoms with van der Waals surface area (Å²) in [6.07, 6.45) is 0.0788. The first-order valence-corrected chi connectivity index (χ1v) is 13.2. The van der Waals surface area contributed by atoms with Crippen LogP contribution in [0.2, 0.25) is 10.0 Å². The molecule has 2 heterocycles. The third kappa shape index (κ3) is 5.09. The van der Waals surface area contributed by atoms with Crippen LogP contribution < -0.4 is 10.2 Å². The fraction of sp³-hybridized carbons (Fsp3) is 0.250. The van der Waals surface area contributed by atoms with E-state index < -0.39 is 11.8 Å². The van der Waals surface area contributed by atoms with E-state index in [0.29, 0.717) is 63.6 Å². The molecule has 0 saturated carbocycles. The average molecular weight is 554 g/mol. The summed E-state index contributed by atoms with van der Waals surface area (Å²) in [5.74, 6) is -0.259. The monoisotopic (exact) mass is 552 g/mol. The molecule has 5 rings (SSSR count). The molecule has 2 N–H and O–H groups in total. The lowest BCUT2D eigenvalue weighted by molar-refractivity contribution is -0.119. The maximum atomic E-state index is 13.5. The van der Waals surface area contributed by atoms with Crippen molar-refractivity contribution in [3.8, 4) is 0 Å². The van der Waals surface area contributed by atoms with Crippen LogP contribution in [0.15, 0.2) is 77.8 Å². The highest BCUT2D eigenvalue weighted by atomic mass is 35.5. The molecule has 1 atom stereocenters. The standard InChI is InChI=1S/C28H26Cl2N4O2S/c1-33-23-12-11-19(29)17-21(23)24(20-9-5-6-10-22(20)30)31-25(26(33)35)32-27(37)34-15-13-28(36,14-16-34)18-7-3-2-4-8-18/h2-12,17,25,36H,13-16H2,1H3,(H,32,37). The number of likely N-dealkylation sites (N-methyl/N-ethyl adjacent to an activating group) is 1. The molecular formula is C28H26Cl2N4O2S. The van der Waals surface area contributed by atoms with Crippen LogP contribution in [0.25, 0.3) is 0 Å². The number of benzodiazepines with no additional fused rings is 1. The van der Waals surface area contributed by atoms with Crippen LogP contribution in [0.1, 0.15) is 29.5 Å². The zero-order chi connectivity index (χ0) is 26.2. The maximum absolute atomic E-state index is 13.5. The first-order chi connectivity index (χ1) is 17.8. The van der Waals surface area contributed by atoms with Gasteiger partial charge in [0.25, 0.3) is 5.91 Å². The van der Waals surface area contributed by atoms with Gasteiger partial charge in [0, 0.05) is 41.3 Å². The van der Waals surface area contributed by atoms with E-state index in [1.54, 1.807) is 36.2 Å². The number of aliphatic imine (C=N–C) groups is 1. The van der Waals surface area contributed by atoms with Gasteiger partial charge in [-0.05, 0) is 54.9 Å². The molecule has 2 aliphatic rings. The van der Waals surface area contributed by atoms with Gasteiger partial charge in [-0.3, -0.25) is 4.79 Å². The molecule has 9 heteroatoms. The van der Waals surface area contributed by atoms with Crippen LogP contribution in [-0.2, 0) is 10.4 Å². The number of benzene rings is 3. The molecule has 0 bridgehead atoms. The smallest absolute Gasteiger partial charge is 0.272 e. The topological polar surface area (TPSA) is 68.2 Å². The maximum Gasteiger partial charge on any atom is 0.272 e. The predicted molar refractivity (Wildman–Crippen MR) is 153 cm³/mol. The molecule has 0 spiro atoms. The number of fused-ring (bicyclic) bond motifs is 1. The molecule has 37 heavy (non-hydrogen) atoms. The molecule has 0 aliphatic carbocycles. The number of halogens is 2. The summed E-state index contributed by atoms with van der Waals surface area (Å²) in [5, 5.41) is 15.8. The van der Waals surface area contributed by atoms with Crippen molar-refractivity contribution in [2.75, 3.05) is 25.0 Å². The SMILES string of the molecule is CN1C(=O)C(NC(=S)N2CCC(O)(c3ccccc3)CC2)N=C(c2ccccc2Cl)c2cc(Cl)ccc21. The highest BCUT2D eigenvalue weighted by Gasteiger charge is 2.36. The van der Waals surface area contributed by atoms with Gasteiger partial charge in [0.15, 0.2) is 5.11 Å². The van der Waals surface area contributed by atoms with E-state index in [2.05, 4.69) is 5.32 Å². The fourth-order valence-electron chi connectivity index (χ4n) is 4.83. The van der Waals surface area contributed by atoms with Gasteiger partial charge < -0.3 is 20.2 Å². The van der Waals surface area contributed by atoms with Crippen LogP contribution in [0.3, 0.4) is 0 Å². The normalized spacial score (nSPS) is 19.1. The van der Waals surface area contributed by atoms with Crippen LogP contribution in [0.4, 0.5) is 5.69 Å². The first kappa shape index (κ1) is 25.7. The Labute approximate surface area is 231 Å². The van der Waals surface area contributed by atoms with Gasteiger partial charge in [0.2, 0.25) is 6.17 Å². The molecule has 0 radical (unpaired) electrons. The van der Waals surface area contributed by atoms with E-state index in [0.717, 1.165) is 5.56 Å². The third-order valence-electron chi connectivity index (χ3n) is 6.98. The Morgan fingerprint density at radius 2 is 1.70 bits per heavy atom. The zero-order valence-electron chi connectivity index (χ0n) is 20.2. The fourth-order valence-corrected chi connectivity index (χ4v) is 5.52. The summed E-state index contributed by atoms with van der Waals surface area (Å²) < 4.78 is 0. The summed E-state index contributed by atoms with van der Waals surface area (Å²) in [5.41, 5.74) is 2.63. The number of carbonyl (C=O) groups excluding carboxylic acids is 1. The number of piperidine rings is 1. The van der Waals surface area contributed by atoms with E-state index in [1.165, 1.54) is 0 Å². The first-order valence-electron chi connectivity index (χ1n) is 12.0. The number of nitrogens with zero attached hydrogens (tertiary/aromatic N) is 3. The Hall–Kier alpha value is -2.97. The van der Waals surface area contributed by atoms with Crippen molar-refractivity contribution in [3.63, 3.8) is 0 Å². The van der Waals surface area contributed by atoms with Crippen molar-refractivity contribution in [2.24, 2.45) is 4.99 Å². The molecule has 0 aromatic heterocycles. The minimum atomic E-state index is -0.968. The lowest BCUT2D eigenvalue weighted by Crippen LogP contribution is -2.53. The molecular weight excluding hydrogens is 527 g/mol. The Kier molecular flexibility index (Phi) is 7.23. The minimum absolute atomic E-state index is 0.259. The van der Waals surface area contributed by atoms with Crippen molar-refractivity contribution >= 4 is 57.8 Å². The van der Waals surface area contributed by atoms with E-state index in [1.807, 2.05) is 53.4 Å². The molecule has 2 aliphatic heterocycles. The zero-order valence-corrected chi connectivity index (χ0v) is 22.5. The summed E-state index contributed by atoms with van der Waals surface area (Å²) in [7, 11) is 1.71. The van der Waals surface area contributed by atoms with Gasteiger partial charge in [0.1, 0.15) is 0 Å². The number of rotatable bonds is 3. The second-order valence-corrected chi connectivity index (χ2v) is 10.5. The number of hydrogen-bond acceptors (Lipinski definition) is 4. The molecule has 6 nitrogen and oxygen atoms in total. The third-order valence-corrected chi connectivity index (χ3v) is 7.92. The summed E-state index contributed by atoms with van der Waals surface area (Å²) >= 11 is 18.6. The van der Waals surface area contributed by atoms with E-state index in [4.69, 9.17) is 40.4 Å². The Morgan fingerprint density at radius 1 is 1.03 bits per heavy atom. The molecule has 1 unspecified atom stereocenters. The molecule has 3 aromatic carbocycles. The van der Waals surface area contributed by atoms with Crippen LogP contribution in [0.5, 0.6) is 0 Å². The number of anilines is 1. The highest BCUT2D eigenvalue weighted by Crippen LogP contribution is 2.34. The molecule has 1 saturated heterocycles. The lowest BCUT2D eigenvalue weighted by Gasteiger charge is -2.40. The van der Waals surface area contributed by atoms with E-state index in [-0.39, 0.29) is 5.91 Å². The second-order valence-electron chi connectivity index (χ2n) is 9.25. The van der Waals surface area contributed by atoms with Gasteiger partial charge in [-0.25, -0.2) is 4.99 Å². The lowest BCUT2D eigenvalue weighted by atomic mass is 9.84. The molecule has 3 aromatic rings. The molecule has 1 amide bonds. The van der Waals surface area contributed by atoms with Crippen molar-refractivity contribution < 1.29 is 9.90 Å².